The molecule has 3 heteroatoms. The molecule has 1 nitrogen and oxygen atoms in total. The smallest absolute Gasteiger partial charge is 0.0305 e. The lowest BCUT2D eigenvalue weighted by Gasteiger charge is -2.14. The first-order valence-corrected chi connectivity index (χ1v) is 8.39. The van der Waals surface area contributed by atoms with Crippen LogP contribution in [0.5, 0.6) is 0 Å². The molecule has 1 atom stereocenters. The Bertz CT molecular complexity index is 504. The molecule has 102 valence electrons. The van der Waals surface area contributed by atoms with Crippen LogP contribution in [0.15, 0.2) is 40.2 Å². The maximum absolute atomic E-state index is 3.62. The molecule has 1 unspecified atom stereocenters. The maximum Gasteiger partial charge on any atom is 0.0305 e. The molecule has 0 saturated heterocycles. The van der Waals surface area contributed by atoms with E-state index in [1.165, 1.54) is 16.0 Å². The largest absolute Gasteiger partial charge is 0.309 e. The van der Waals surface area contributed by atoms with Gasteiger partial charge in [0.15, 0.2) is 0 Å². The van der Waals surface area contributed by atoms with E-state index in [-0.39, 0.29) is 0 Å². The van der Waals surface area contributed by atoms with Crippen LogP contribution in [0.3, 0.4) is 0 Å². The van der Waals surface area contributed by atoms with Gasteiger partial charge in [-0.15, -0.1) is 11.3 Å². The molecule has 0 radical (unpaired) electrons. The van der Waals surface area contributed by atoms with Gasteiger partial charge in [0.2, 0.25) is 0 Å². The molecule has 1 aromatic heterocycles. The minimum Gasteiger partial charge on any atom is -0.309 e. The third-order valence-electron chi connectivity index (χ3n) is 3.28. The van der Waals surface area contributed by atoms with Crippen LogP contribution in [-0.2, 0) is 19.4 Å². The minimum absolute atomic E-state index is 0.494. The van der Waals surface area contributed by atoms with Crippen molar-refractivity contribution in [3.8, 4) is 0 Å². The van der Waals surface area contributed by atoms with Gasteiger partial charge in [-0.2, -0.15) is 0 Å². The van der Waals surface area contributed by atoms with Crippen molar-refractivity contribution in [2.75, 3.05) is 0 Å². The number of hydrogen-bond acceptors (Lipinski definition) is 2. The van der Waals surface area contributed by atoms with E-state index < -0.39 is 0 Å². The topological polar surface area (TPSA) is 12.0 Å². The Hall–Kier alpha value is -0.640. The lowest BCUT2D eigenvalue weighted by molar-refractivity contribution is 0.547. The van der Waals surface area contributed by atoms with E-state index in [0.717, 1.165) is 23.9 Å². The summed E-state index contributed by atoms with van der Waals surface area (Å²) in [6, 6.07) is 11.3. The third-order valence-corrected chi connectivity index (χ3v) is 4.78. The number of nitrogens with one attached hydrogen (secondary N) is 1. The summed E-state index contributed by atoms with van der Waals surface area (Å²) in [6.07, 6.45) is 2.20. The van der Waals surface area contributed by atoms with Crippen LogP contribution < -0.4 is 5.32 Å². The molecule has 0 saturated carbocycles. The van der Waals surface area contributed by atoms with E-state index in [0.29, 0.717) is 6.04 Å². The van der Waals surface area contributed by atoms with Gasteiger partial charge in [0, 0.05) is 21.9 Å². The average Bonchev–Trinajstić information content (AvgIpc) is 2.86. The highest BCUT2D eigenvalue weighted by atomic mass is 79.9. The second kappa shape index (κ2) is 7.22. The molecule has 0 aliphatic carbocycles. The van der Waals surface area contributed by atoms with Crippen molar-refractivity contribution in [3.05, 3.63) is 56.2 Å². The van der Waals surface area contributed by atoms with E-state index in [9.17, 15) is 0 Å². The number of benzene rings is 1. The highest BCUT2D eigenvalue weighted by Gasteiger charge is 2.06. The molecule has 1 aromatic carbocycles. The van der Waals surface area contributed by atoms with Gasteiger partial charge >= 0.3 is 0 Å². The molecule has 1 heterocycles. The Morgan fingerprint density at radius 2 is 1.95 bits per heavy atom. The van der Waals surface area contributed by atoms with Gasteiger partial charge < -0.3 is 5.32 Å². The van der Waals surface area contributed by atoms with Gasteiger partial charge in [-0.05, 0) is 54.5 Å². The van der Waals surface area contributed by atoms with Gasteiger partial charge in [-0.25, -0.2) is 0 Å². The Balaban J connectivity index is 1.84. The Kier molecular flexibility index (Phi) is 5.61. The highest BCUT2D eigenvalue weighted by Crippen LogP contribution is 2.17. The standard InChI is InChI=1S/C16H20BrNS/c1-3-14-8-9-19-16(14)11-18-12(2)10-13-4-6-15(17)7-5-13/h4-9,12,18H,3,10-11H2,1-2H3. The highest BCUT2D eigenvalue weighted by molar-refractivity contribution is 9.10. The predicted molar refractivity (Wildman–Crippen MR) is 87.8 cm³/mol. The van der Waals surface area contributed by atoms with Gasteiger partial charge in [-0.3, -0.25) is 0 Å². The molecule has 1 N–H and O–H groups in total. The molecule has 2 rings (SSSR count). The van der Waals surface area contributed by atoms with Crippen LogP contribution >= 0.6 is 27.3 Å². The first-order chi connectivity index (χ1) is 9.19. The molecule has 0 fully saturated rings. The lowest BCUT2D eigenvalue weighted by atomic mass is 10.1. The first kappa shape index (κ1) is 14.8. The fourth-order valence-electron chi connectivity index (χ4n) is 2.15. The molecule has 0 bridgehead atoms. The van der Waals surface area contributed by atoms with Crippen molar-refractivity contribution in [2.24, 2.45) is 0 Å². The van der Waals surface area contributed by atoms with Crippen molar-refractivity contribution in [1.29, 1.82) is 0 Å². The molecule has 2 aromatic rings. The van der Waals surface area contributed by atoms with E-state index in [1.807, 2.05) is 11.3 Å². The van der Waals surface area contributed by atoms with Crippen molar-refractivity contribution < 1.29 is 0 Å². The molecular formula is C16H20BrNS. The van der Waals surface area contributed by atoms with Gasteiger partial charge in [-0.1, -0.05) is 35.0 Å². The fraction of sp³-hybridized carbons (Fsp3) is 0.375. The number of aryl methyl sites for hydroxylation is 1. The Labute approximate surface area is 128 Å². The number of thiophene rings is 1. The minimum atomic E-state index is 0.494. The Morgan fingerprint density at radius 3 is 2.63 bits per heavy atom. The second-order valence-electron chi connectivity index (χ2n) is 4.84. The van der Waals surface area contributed by atoms with Crippen molar-refractivity contribution in [1.82, 2.24) is 5.32 Å². The monoisotopic (exact) mass is 337 g/mol. The quantitative estimate of drug-likeness (QED) is 0.798. The van der Waals surface area contributed by atoms with Gasteiger partial charge in [0.25, 0.3) is 0 Å². The second-order valence-corrected chi connectivity index (χ2v) is 6.75. The van der Waals surface area contributed by atoms with Crippen LogP contribution in [0.25, 0.3) is 0 Å². The normalized spacial score (nSPS) is 12.6. The van der Waals surface area contributed by atoms with Crippen molar-refractivity contribution >= 4 is 27.3 Å². The molecular weight excluding hydrogens is 318 g/mol. The summed E-state index contributed by atoms with van der Waals surface area (Å²) in [4.78, 5) is 1.48. The molecule has 0 aliphatic rings. The molecule has 0 aliphatic heterocycles. The van der Waals surface area contributed by atoms with E-state index in [4.69, 9.17) is 0 Å². The van der Waals surface area contributed by atoms with E-state index in [2.05, 4.69) is 70.8 Å². The maximum atomic E-state index is 3.62. The van der Waals surface area contributed by atoms with Crippen LogP contribution in [0.2, 0.25) is 0 Å². The summed E-state index contributed by atoms with van der Waals surface area (Å²) >= 11 is 5.33. The molecule has 0 spiro atoms. The zero-order chi connectivity index (χ0) is 13.7. The number of rotatable bonds is 6. The average molecular weight is 338 g/mol. The molecule has 19 heavy (non-hydrogen) atoms. The van der Waals surface area contributed by atoms with E-state index >= 15 is 0 Å². The zero-order valence-electron chi connectivity index (χ0n) is 11.4. The van der Waals surface area contributed by atoms with E-state index in [1.54, 1.807) is 0 Å². The summed E-state index contributed by atoms with van der Waals surface area (Å²) in [7, 11) is 0. The number of hydrogen-bond donors (Lipinski definition) is 1. The Morgan fingerprint density at radius 1 is 1.21 bits per heavy atom. The summed E-state index contributed by atoms with van der Waals surface area (Å²) in [5.41, 5.74) is 2.86. The first-order valence-electron chi connectivity index (χ1n) is 6.72. The predicted octanol–water partition coefficient (Wildman–Crippen LogP) is 4.79. The third kappa shape index (κ3) is 4.44. The number of halogens is 1. The summed E-state index contributed by atoms with van der Waals surface area (Å²) in [5, 5.41) is 5.81. The van der Waals surface area contributed by atoms with Crippen molar-refractivity contribution in [3.63, 3.8) is 0 Å². The van der Waals surface area contributed by atoms with Gasteiger partial charge in [0.05, 0.1) is 0 Å². The fourth-order valence-corrected chi connectivity index (χ4v) is 3.34. The lowest BCUT2D eigenvalue weighted by Crippen LogP contribution is -2.27. The van der Waals surface area contributed by atoms with Crippen LogP contribution in [0, 0.1) is 0 Å². The summed E-state index contributed by atoms with van der Waals surface area (Å²) in [5.74, 6) is 0. The van der Waals surface area contributed by atoms with Crippen LogP contribution in [0.1, 0.15) is 29.9 Å². The summed E-state index contributed by atoms with van der Waals surface area (Å²) < 4.78 is 1.14. The van der Waals surface area contributed by atoms with Crippen LogP contribution in [0.4, 0.5) is 0 Å². The summed E-state index contributed by atoms with van der Waals surface area (Å²) in [6.45, 7) is 5.45. The zero-order valence-corrected chi connectivity index (χ0v) is 13.9. The van der Waals surface area contributed by atoms with Crippen LogP contribution in [-0.4, -0.2) is 6.04 Å². The SMILES string of the molecule is CCc1ccsc1CNC(C)Cc1ccc(Br)cc1. The molecule has 0 amide bonds. The van der Waals surface area contributed by atoms with Gasteiger partial charge in [0.1, 0.15) is 0 Å². The van der Waals surface area contributed by atoms with Crippen molar-refractivity contribution in [2.45, 2.75) is 39.3 Å².